The van der Waals surface area contributed by atoms with Crippen LogP contribution in [0.4, 0.5) is 5.82 Å². The molecule has 1 aromatic heterocycles. The molecule has 0 fully saturated rings. The van der Waals surface area contributed by atoms with Gasteiger partial charge < -0.3 is 15.4 Å². The minimum Gasteiger partial charge on any atom is -0.383 e. The standard InChI is InChI=1S/C10H15BrClN3O/c1-16-5-4-15(3-2-13)10-9(12)6-8(11)7-14-10/h6-7H,2-5,13H2,1H3. The van der Waals surface area contributed by atoms with Crippen LogP contribution >= 0.6 is 27.5 Å². The lowest BCUT2D eigenvalue weighted by Crippen LogP contribution is -2.33. The molecule has 0 saturated heterocycles. The lowest BCUT2D eigenvalue weighted by Gasteiger charge is -2.23. The number of pyridine rings is 1. The summed E-state index contributed by atoms with van der Waals surface area (Å²) in [6.45, 7) is 2.60. The van der Waals surface area contributed by atoms with Gasteiger partial charge in [0, 0.05) is 37.4 Å². The van der Waals surface area contributed by atoms with Crippen LogP contribution in [0, 0.1) is 0 Å². The second-order valence-electron chi connectivity index (χ2n) is 3.23. The van der Waals surface area contributed by atoms with Crippen LogP contribution in [0.1, 0.15) is 0 Å². The van der Waals surface area contributed by atoms with Gasteiger partial charge in [0.05, 0.1) is 11.6 Å². The third kappa shape index (κ3) is 3.90. The first kappa shape index (κ1) is 13.7. The van der Waals surface area contributed by atoms with Crippen LogP contribution in [0.15, 0.2) is 16.7 Å². The summed E-state index contributed by atoms with van der Waals surface area (Å²) in [6, 6.07) is 1.82. The van der Waals surface area contributed by atoms with E-state index in [4.69, 9.17) is 22.1 Å². The van der Waals surface area contributed by atoms with Gasteiger partial charge in [0.2, 0.25) is 0 Å². The predicted molar refractivity (Wildman–Crippen MR) is 70.1 cm³/mol. The van der Waals surface area contributed by atoms with Crippen molar-refractivity contribution in [3.63, 3.8) is 0 Å². The van der Waals surface area contributed by atoms with Crippen molar-refractivity contribution in [3.05, 3.63) is 21.8 Å². The van der Waals surface area contributed by atoms with Gasteiger partial charge in [-0.15, -0.1) is 0 Å². The molecule has 0 unspecified atom stereocenters. The second-order valence-corrected chi connectivity index (χ2v) is 4.55. The molecule has 1 aromatic rings. The van der Waals surface area contributed by atoms with Gasteiger partial charge in [-0.25, -0.2) is 4.98 Å². The smallest absolute Gasteiger partial charge is 0.147 e. The number of aromatic nitrogens is 1. The highest BCUT2D eigenvalue weighted by atomic mass is 79.9. The minimum absolute atomic E-state index is 0.553. The van der Waals surface area contributed by atoms with Crippen molar-refractivity contribution in [1.82, 2.24) is 4.98 Å². The zero-order valence-electron chi connectivity index (χ0n) is 9.12. The Balaban J connectivity index is 2.82. The average molecular weight is 309 g/mol. The van der Waals surface area contributed by atoms with E-state index in [1.54, 1.807) is 13.3 Å². The topological polar surface area (TPSA) is 51.4 Å². The zero-order valence-corrected chi connectivity index (χ0v) is 11.5. The molecule has 0 aliphatic heterocycles. The number of hydrogen-bond donors (Lipinski definition) is 1. The summed E-state index contributed by atoms with van der Waals surface area (Å²) >= 11 is 9.45. The molecule has 0 aliphatic rings. The molecule has 0 aliphatic carbocycles. The first-order chi connectivity index (χ1) is 7.69. The van der Waals surface area contributed by atoms with Crippen molar-refractivity contribution in [2.24, 2.45) is 5.73 Å². The number of halogens is 2. The van der Waals surface area contributed by atoms with Crippen molar-refractivity contribution in [2.45, 2.75) is 0 Å². The number of nitrogens with zero attached hydrogens (tertiary/aromatic N) is 2. The van der Waals surface area contributed by atoms with E-state index in [1.165, 1.54) is 0 Å². The monoisotopic (exact) mass is 307 g/mol. The number of nitrogens with two attached hydrogens (primary N) is 1. The van der Waals surface area contributed by atoms with Gasteiger partial charge in [-0.1, -0.05) is 11.6 Å². The van der Waals surface area contributed by atoms with Gasteiger partial charge in [-0.2, -0.15) is 0 Å². The summed E-state index contributed by atoms with van der Waals surface area (Å²) in [5.41, 5.74) is 5.56. The van der Waals surface area contributed by atoms with Crippen LogP contribution < -0.4 is 10.6 Å². The molecule has 0 aromatic carbocycles. The van der Waals surface area contributed by atoms with Crippen LogP contribution in [0.5, 0.6) is 0 Å². The van der Waals surface area contributed by atoms with Crippen LogP contribution in [-0.2, 0) is 4.74 Å². The fourth-order valence-electron chi connectivity index (χ4n) is 1.32. The largest absolute Gasteiger partial charge is 0.383 e. The summed E-state index contributed by atoms with van der Waals surface area (Å²) in [5, 5.41) is 0.610. The first-order valence-corrected chi connectivity index (χ1v) is 6.11. The zero-order chi connectivity index (χ0) is 12.0. The lowest BCUT2D eigenvalue weighted by atomic mass is 10.4. The molecular weight excluding hydrogens is 293 g/mol. The van der Waals surface area contributed by atoms with Crippen molar-refractivity contribution in [1.29, 1.82) is 0 Å². The van der Waals surface area contributed by atoms with Gasteiger partial charge >= 0.3 is 0 Å². The first-order valence-electron chi connectivity index (χ1n) is 4.94. The van der Waals surface area contributed by atoms with Crippen LogP contribution in [0.2, 0.25) is 5.02 Å². The molecule has 1 heterocycles. The van der Waals surface area contributed by atoms with Gasteiger partial charge in [0.15, 0.2) is 0 Å². The number of ether oxygens (including phenoxy) is 1. The van der Waals surface area contributed by atoms with Crippen LogP contribution in [0.25, 0.3) is 0 Å². The maximum absolute atomic E-state index is 6.12. The summed E-state index contributed by atoms with van der Waals surface area (Å²) < 4.78 is 5.90. The number of hydrogen-bond acceptors (Lipinski definition) is 4. The Hall–Kier alpha value is -0.360. The Labute approximate surface area is 109 Å². The van der Waals surface area contributed by atoms with E-state index in [0.717, 1.165) is 16.8 Å². The molecule has 0 radical (unpaired) electrons. The fraction of sp³-hybridized carbons (Fsp3) is 0.500. The Kier molecular flexibility index (Phi) is 6.05. The highest BCUT2D eigenvalue weighted by molar-refractivity contribution is 9.10. The Morgan fingerprint density at radius 3 is 2.88 bits per heavy atom. The van der Waals surface area contributed by atoms with Crippen LogP contribution in [0.3, 0.4) is 0 Å². The maximum atomic E-state index is 6.12. The third-order valence-corrected chi connectivity index (χ3v) is 2.76. The third-order valence-electron chi connectivity index (χ3n) is 2.05. The number of methoxy groups -OCH3 is 1. The second kappa shape index (κ2) is 7.06. The van der Waals surface area contributed by atoms with Gasteiger partial charge in [-0.3, -0.25) is 0 Å². The van der Waals surface area contributed by atoms with E-state index in [9.17, 15) is 0 Å². The van der Waals surface area contributed by atoms with Crippen molar-refractivity contribution in [3.8, 4) is 0 Å². The van der Waals surface area contributed by atoms with Gasteiger partial charge in [0.1, 0.15) is 5.82 Å². The van der Waals surface area contributed by atoms with E-state index in [1.807, 2.05) is 11.0 Å². The number of anilines is 1. The quantitative estimate of drug-likeness (QED) is 0.872. The molecule has 6 heteroatoms. The molecule has 0 atom stereocenters. The van der Waals surface area contributed by atoms with E-state index in [-0.39, 0.29) is 0 Å². The molecule has 0 saturated carbocycles. The Bertz CT molecular complexity index is 338. The predicted octanol–water partition coefficient (Wildman–Crippen LogP) is 1.91. The minimum atomic E-state index is 0.553. The highest BCUT2D eigenvalue weighted by Crippen LogP contribution is 2.25. The average Bonchev–Trinajstić information content (AvgIpc) is 2.25. The summed E-state index contributed by atoms with van der Waals surface area (Å²) in [7, 11) is 1.66. The van der Waals surface area contributed by atoms with E-state index in [2.05, 4.69) is 20.9 Å². The highest BCUT2D eigenvalue weighted by Gasteiger charge is 2.11. The molecule has 4 nitrogen and oxygen atoms in total. The van der Waals surface area contributed by atoms with Gasteiger partial charge in [-0.05, 0) is 22.0 Å². The molecule has 0 spiro atoms. The number of rotatable bonds is 6. The van der Waals surface area contributed by atoms with Crippen LogP contribution in [-0.4, -0.2) is 38.3 Å². The molecule has 0 amide bonds. The summed E-state index contributed by atoms with van der Waals surface area (Å²) in [5.74, 6) is 0.743. The molecule has 1 rings (SSSR count). The summed E-state index contributed by atoms with van der Waals surface area (Å²) in [6.07, 6.45) is 1.72. The molecular formula is C10H15BrClN3O. The normalized spacial score (nSPS) is 10.5. The van der Waals surface area contributed by atoms with Crippen molar-refractivity contribution in [2.75, 3.05) is 38.3 Å². The van der Waals surface area contributed by atoms with Crippen molar-refractivity contribution >= 4 is 33.3 Å². The SMILES string of the molecule is COCCN(CCN)c1ncc(Br)cc1Cl. The van der Waals surface area contributed by atoms with Gasteiger partial charge in [0.25, 0.3) is 0 Å². The lowest BCUT2D eigenvalue weighted by molar-refractivity contribution is 0.205. The van der Waals surface area contributed by atoms with Crippen molar-refractivity contribution < 1.29 is 4.74 Å². The Morgan fingerprint density at radius 2 is 2.31 bits per heavy atom. The molecule has 0 bridgehead atoms. The van der Waals surface area contributed by atoms with E-state index in [0.29, 0.717) is 24.7 Å². The van der Waals surface area contributed by atoms with E-state index >= 15 is 0 Å². The Morgan fingerprint density at radius 1 is 1.56 bits per heavy atom. The maximum Gasteiger partial charge on any atom is 0.147 e. The van der Waals surface area contributed by atoms with E-state index < -0.39 is 0 Å². The molecule has 16 heavy (non-hydrogen) atoms. The fourth-order valence-corrected chi connectivity index (χ4v) is 2.07. The summed E-state index contributed by atoms with van der Waals surface area (Å²) in [4.78, 5) is 6.30. The molecule has 2 N–H and O–H groups in total. The molecule has 90 valence electrons.